The molecule has 0 aromatic heterocycles. The van der Waals surface area contributed by atoms with E-state index in [4.69, 9.17) is 4.74 Å². The normalized spacial score (nSPS) is 22.9. The minimum absolute atomic E-state index is 0.103. The highest BCUT2D eigenvalue weighted by atomic mass is 19.1. The van der Waals surface area contributed by atoms with Gasteiger partial charge >= 0.3 is 6.09 Å². The van der Waals surface area contributed by atoms with Crippen LogP contribution in [0.15, 0.2) is 66.7 Å². The number of amides is 2. The molecule has 0 bridgehead atoms. The van der Waals surface area contributed by atoms with Crippen molar-refractivity contribution < 1.29 is 23.5 Å². The van der Waals surface area contributed by atoms with Crippen molar-refractivity contribution in [2.24, 2.45) is 0 Å². The number of carbonyl (C=O) groups excluding carboxylic acids is 3. The van der Waals surface area contributed by atoms with Crippen molar-refractivity contribution in [1.82, 2.24) is 10.6 Å². The van der Waals surface area contributed by atoms with Crippen molar-refractivity contribution in [2.45, 2.75) is 24.6 Å². The number of piperidine rings is 1. The second-order valence-corrected chi connectivity index (χ2v) is 8.10. The number of anilines is 1. The highest BCUT2D eigenvalue weighted by Gasteiger charge is 2.36. The molecule has 3 atom stereocenters. The maximum absolute atomic E-state index is 14.5. The van der Waals surface area contributed by atoms with Gasteiger partial charge in [-0.1, -0.05) is 48.5 Å². The first-order valence-corrected chi connectivity index (χ1v) is 11.0. The Labute approximate surface area is 191 Å². The zero-order valence-corrected chi connectivity index (χ0v) is 18.1. The summed E-state index contributed by atoms with van der Waals surface area (Å²) in [7, 11) is 0. The molecule has 2 saturated heterocycles. The monoisotopic (exact) mass is 451 g/mol. The first kappa shape index (κ1) is 22.7. The van der Waals surface area contributed by atoms with Crippen molar-refractivity contribution in [3.8, 4) is 0 Å². The second kappa shape index (κ2) is 10.4. The van der Waals surface area contributed by atoms with E-state index in [2.05, 4.69) is 10.6 Å². The van der Waals surface area contributed by atoms with E-state index in [1.165, 1.54) is 11.0 Å². The molecule has 0 saturated carbocycles. The summed E-state index contributed by atoms with van der Waals surface area (Å²) in [4.78, 5) is 38.2. The quantitative estimate of drug-likeness (QED) is 0.499. The average Bonchev–Trinajstić information content (AvgIpc) is 3.22. The fourth-order valence-corrected chi connectivity index (χ4v) is 4.17. The summed E-state index contributed by atoms with van der Waals surface area (Å²) in [5, 5.41) is 5.70. The number of benzene rings is 2. The van der Waals surface area contributed by atoms with E-state index < -0.39 is 24.3 Å². The molecule has 8 heteroatoms. The average molecular weight is 451 g/mol. The summed E-state index contributed by atoms with van der Waals surface area (Å²) in [5.41, 5.74) is 1.92. The molecule has 2 fully saturated rings. The van der Waals surface area contributed by atoms with Crippen LogP contribution < -0.4 is 15.5 Å². The number of carbonyl (C=O) groups is 3. The van der Waals surface area contributed by atoms with Crippen LogP contribution >= 0.6 is 0 Å². The Hall–Kier alpha value is -3.52. The molecular weight excluding hydrogens is 425 g/mol. The lowest BCUT2D eigenvalue weighted by molar-refractivity contribution is -0.116. The van der Waals surface area contributed by atoms with Crippen LogP contribution in [0, 0.1) is 0 Å². The number of halogens is 1. The van der Waals surface area contributed by atoms with Gasteiger partial charge in [-0.2, -0.15) is 0 Å². The molecule has 2 aliphatic rings. The molecule has 2 unspecified atom stereocenters. The highest BCUT2D eigenvalue weighted by Crippen LogP contribution is 2.36. The molecule has 0 spiro atoms. The standard InChI is InChI=1S/C25H26FN3O4/c26-21-15-27-13-12-19(21)20-8-4-5-9-22(20)29-16-18(33-25(29)32)14-28-24(31)11-10-23(30)17-6-2-1-3-7-17/h1-11,18-19,21,27H,12-16H2,(H,28,31)/t18-,19?,21?/m0/s1. The number of ether oxygens (including phenoxy) is 1. The number of para-hydroxylation sites is 1. The third-order valence-electron chi connectivity index (χ3n) is 5.86. The maximum atomic E-state index is 14.5. The number of nitrogens with zero attached hydrogens (tertiary/aromatic N) is 1. The fourth-order valence-electron chi connectivity index (χ4n) is 4.17. The van der Waals surface area contributed by atoms with Gasteiger partial charge in [0.05, 0.1) is 18.8 Å². The van der Waals surface area contributed by atoms with Crippen LogP contribution in [-0.4, -0.2) is 56.2 Å². The zero-order valence-electron chi connectivity index (χ0n) is 18.1. The molecule has 2 aromatic carbocycles. The predicted octanol–water partition coefficient (Wildman–Crippen LogP) is 2.98. The topological polar surface area (TPSA) is 87.7 Å². The summed E-state index contributed by atoms with van der Waals surface area (Å²) in [6.45, 7) is 1.36. The fraction of sp³-hybridized carbons (Fsp3) is 0.320. The lowest BCUT2D eigenvalue weighted by Gasteiger charge is -2.30. The van der Waals surface area contributed by atoms with Crippen LogP contribution in [0.25, 0.3) is 0 Å². The van der Waals surface area contributed by atoms with Crippen LogP contribution in [0.3, 0.4) is 0 Å². The smallest absolute Gasteiger partial charge is 0.414 e. The molecule has 0 aliphatic carbocycles. The summed E-state index contributed by atoms with van der Waals surface area (Å²) < 4.78 is 20.0. The van der Waals surface area contributed by atoms with E-state index in [0.29, 0.717) is 24.2 Å². The first-order valence-electron chi connectivity index (χ1n) is 11.0. The van der Waals surface area contributed by atoms with Gasteiger partial charge in [0.2, 0.25) is 5.91 Å². The van der Waals surface area contributed by atoms with Crippen molar-refractivity contribution in [2.75, 3.05) is 31.1 Å². The molecular formula is C25H26FN3O4. The zero-order chi connectivity index (χ0) is 23.2. The Kier molecular flexibility index (Phi) is 7.14. The van der Waals surface area contributed by atoms with Gasteiger partial charge in [0.1, 0.15) is 12.3 Å². The summed E-state index contributed by atoms with van der Waals surface area (Å²) in [5.74, 6) is -1.02. The van der Waals surface area contributed by atoms with Crippen LogP contribution in [0.4, 0.5) is 14.9 Å². The van der Waals surface area contributed by atoms with Gasteiger partial charge in [-0.15, -0.1) is 0 Å². The number of hydrogen-bond acceptors (Lipinski definition) is 5. The number of nitrogens with one attached hydrogen (secondary N) is 2. The Morgan fingerprint density at radius 2 is 1.88 bits per heavy atom. The number of allylic oxidation sites excluding steroid dienone is 1. The predicted molar refractivity (Wildman–Crippen MR) is 122 cm³/mol. The van der Waals surface area contributed by atoms with E-state index in [0.717, 1.165) is 18.2 Å². The van der Waals surface area contributed by atoms with Gasteiger partial charge in [0.15, 0.2) is 5.78 Å². The molecule has 2 N–H and O–H groups in total. The molecule has 2 aromatic rings. The van der Waals surface area contributed by atoms with Crippen LogP contribution in [0.1, 0.15) is 28.3 Å². The van der Waals surface area contributed by atoms with E-state index in [-0.39, 0.29) is 24.8 Å². The van der Waals surface area contributed by atoms with Crippen LogP contribution in [-0.2, 0) is 9.53 Å². The maximum Gasteiger partial charge on any atom is 0.414 e. The van der Waals surface area contributed by atoms with Gasteiger partial charge in [-0.3, -0.25) is 14.5 Å². The lowest BCUT2D eigenvalue weighted by Crippen LogP contribution is -2.38. The number of ketones is 1. The summed E-state index contributed by atoms with van der Waals surface area (Å²) in [6.07, 6.45) is 0.911. The van der Waals surface area contributed by atoms with Crippen molar-refractivity contribution >= 4 is 23.5 Å². The number of rotatable bonds is 7. The van der Waals surface area contributed by atoms with Gasteiger partial charge in [0.25, 0.3) is 0 Å². The van der Waals surface area contributed by atoms with Crippen molar-refractivity contribution in [3.05, 3.63) is 77.9 Å². The van der Waals surface area contributed by atoms with E-state index in [1.54, 1.807) is 36.4 Å². The molecule has 172 valence electrons. The van der Waals surface area contributed by atoms with Gasteiger partial charge < -0.3 is 15.4 Å². The van der Waals surface area contributed by atoms with Crippen LogP contribution in [0.5, 0.6) is 0 Å². The highest BCUT2D eigenvalue weighted by molar-refractivity contribution is 6.07. The third kappa shape index (κ3) is 5.46. The van der Waals surface area contributed by atoms with Crippen LogP contribution in [0.2, 0.25) is 0 Å². The van der Waals surface area contributed by atoms with Crippen molar-refractivity contribution in [1.29, 1.82) is 0 Å². The Bertz CT molecular complexity index is 1040. The lowest BCUT2D eigenvalue weighted by atomic mass is 9.87. The molecule has 4 rings (SSSR count). The van der Waals surface area contributed by atoms with Gasteiger partial charge in [-0.25, -0.2) is 9.18 Å². The SMILES string of the molecule is O=C(C=CC(=O)c1ccccc1)NC[C@H]1CN(c2ccccc2C2CCNCC2F)C(=O)O1. The molecule has 0 radical (unpaired) electrons. The Morgan fingerprint density at radius 1 is 1.12 bits per heavy atom. The second-order valence-electron chi connectivity index (χ2n) is 8.10. The van der Waals surface area contributed by atoms with E-state index in [1.807, 2.05) is 18.2 Å². The molecule has 33 heavy (non-hydrogen) atoms. The summed E-state index contributed by atoms with van der Waals surface area (Å²) >= 11 is 0. The molecule has 7 nitrogen and oxygen atoms in total. The molecule has 2 amide bonds. The minimum atomic E-state index is -1.03. The minimum Gasteiger partial charge on any atom is -0.442 e. The van der Waals surface area contributed by atoms with E-state index >= 15 is 0 Å². The molecule has 2 heterocycles. The number of cyclic esters (lactones) is 1. The van der Waals surface area contributed by atoms with Gasteiger partial charge in [-0.05, 0) is 30.7 Å². The molecule has 2 aliphatic heterocycles. The van der Waals surface area contributed by atoms with Crippen molar-refractivity contribution in [3.63, 3.8) is 0 Å². The summed E-state index contributed by atoms with van der Waals surface area (Å²) in [6, 6.07) is 15.9. The van der Waals surface area contributed by atoms with E-state index in [9.17, 15) is 18.8 Å². The Morgan fingerprint density at radius 3 is 2.67 bits per heavy atom. The third-order valence-corrected chi connectivity index (χ3v) is 5.86. The first-order chi connectivity index (χ1) is 16.0. The number of hydrogen-bond donors (Lipinski definition) is 2. The Balaban J connectivity index is 1.35. The largest absolute Gasteiger partial charge is 0.442 e. The number of alkyl halides is 1. The van der Waals surface area contributed by atoms with Gasteiger partial charge in [0, 0.05) is 24.1 Å².